The van der Waals surface area contributed by atoms with Crippen LogP contribution in [0.2, 0.25) is 0 Å². The van der Waals surface area contributed by atoms with Crippen molar-refractivity contribution in [2.24, 2.45) is 0 Å². The molecule has 2 unspecified atom stereocenters. The fraction of sp³-hybridized carbons (Fsp3) is 0.863. The molecule has 2 atom stereocenters. The lowest BCUT2D eigenvalue weighted by atomic mass is 10.0. The number of esters is 2. The SMILES string of the molecule is CCCCCCCCCCC/C=C/C/C=C/CCCCCCCCCC(=O)OCC(COCCC(C(=O)O)[N+](C)(C)C)OC(=O)CCCCCCCCCCCCCC. The summed E-state index contributed by atoms with van der Waals surface area (Å²) < 4.78 is 17.3. The highest BCUT2D eigenvalue weighted by Gasteiger charge is 2.31. The summed E-state index contributed by atoms with van der Waals surface area (Å²) in [5.74, 6) is -1.46. The second-order valence-electron chi connectivity index (χ2n) is 18.1. The lowest BCUT2D eigenvalue weighted by Crippen LogP contribution is -2.50. The molecule has 0 heterocycles. The average molecular weight is 835 g/mol. The van der Waals surface area contributed by atoms with E-state index in [4.69, 9.17) is 14.2 Å². The first kappa shape index (κ1) is 56.8. The molecule has 0 fully saturated rings. The van der Waals surface area contributed by atoms with E-state index in [-0.39, 0.29) is 36.2 Å². The number of hydrogen-bond donors (Lipinski definition) is 1. The molecule has 0 spiro atoms. The number of quaternary nitrogens is 1. The summed E-state index contributed by atoms with van der Waals surface area (Å²) in [6.07, 6.45) is 48.0. The second kappa shape index (κ2) is 42.5. The van der Waals surface area contributed by atoms with Crippen LogP contribution < -0.4 is 0 Å². The van der Waals surface area contributed by atoms with Crippen LogP contribution in [0.1, 0.15) is 232 Å². The van der Waals surface area contributed by atoms with Crippen molar-refractivity contribution in [2.45, 2.75) is 244 Å². The van der Waals surface area contributed by atoms with Gasteiger partial charge in [0, 0.05) is 19.3 Å². The van der Waals surface area contributed by atoms with Crippen molar-refractivity contribution in [3.8, 4) is 0 Å². The molecule has 0 bridgehead atoms. The Kier molecular flexibility index (Phi) is 40.9. The van der Waals surface area contributed by atoms with Gasteiger partial charge in [0.15, 0.2) is 12.1 Å². The Balaban J connectivity index is 4.19. The first-order valence-electron chi connectivity index (χ1n) is 24.9. The highest BCUT2D eigenvalue weighted by atomic mass is 16.6. The van der Waals surface area contributed by atoms with Crippen molar-refractivity contribution in [2.75, 3.05) is 41.0 Å². The molecule has 0 saturated carbocycles. The Morgan fingerprint density at radius 1 is 0.508 bits per heavy atom. The molecule has 0 aliphatic carbocycles. The van der Waals surface area contributed by atoms with Crippen molar-refractivity contribution < 1.29 is 38.2 Å². The maximum Gasteiger partial charge on any atom is 0.362 e. The molecule has 8 nitrogen and oxygen atoms in total. The van der Waals surface area contributed by atoms with Crippen LogP contribution in [-0.2, 0) is 28.6 Å². The summed E-state index contributed by atoms with van der Waals surface area (Å²) in [6, 6.07) is -0.613. The minimum atomic E-state index is -0.874. The van der Waals surface area contributed by atoms with Gasteiger partial charge < -0.3 is 23.8 Å². The zero-order valence-corrected chi connectivity index (χ0v) is 39.5. The zero-order chi connectivity index (χ0) is 43.5. The molecule has 59 heavy (non-hydrogen) atoms. The third kappa shape index (κ3) is 41.0. The van der Waals surface area contributed by atoms with Gasteiger partial charge in [-0.15, -0.1) is 0 Å². The molecular weight excluding hydrogens is 739 g/mol. The Hall–Kier alpha value is -2.19. The molecular formula is C51H96NO7+. The number of carboxylic acid groups (broad SMARTS) is 1. The number of likely N-dealkylation sites (N-methyl/N-ethyl adjacent to an activating group) is 1. The number of unbranched alkanes of at least 4 members (excludes halogenated alkanes) is 27. The van der Waals surface area contributed by atoms with Gasteiger partial charge in [0.1, 0.15) is 6.61 Å². The van der Waals surface area contributed by atoms with E-state index in [0.29, 0.717) is 19.3 Å². The maximum atomic E-state index is 12.7. The summed E-state index contributed by atoms with van der Waals surface area (Å²) >= 11 is 0. The Bertz CT molecular complexity index is 1020. The van der Waals surface area contributed by atoms with Crippen LogP contribution >= 0.6 is 0 Å². The average Bonchev–Trinajstić information content (AvgIpc) is 3.19. The Morgan fingerprint density at radius 2 is 0.898 bits per heavy atom. The lowest BCUT2D eigenvalue weighted by Gasteiger charge is -2.31. The molecule has 0 aliphatic rings. The second-order valence-corrected chi connectivity index (χ2v) is 18.1. The molecule has 0 aromatic rings. The highest BCUT2D eigenvalue weighted by molar-refractivity contribution is 5.72. The van der Waals surface area contributed by atoms with Crippen LogP contribution in [0.4, 0.5) is 0 Å². The molecule has 0 radical (unpaired) electrons. The molecule has 8 heteroatoms. The van der Waals surface area contributed by atoms with Crippen molar-refractivity contribution in [1.29, 1.82) is 0 Å². The smallest absolute Gasteiger partial charge is 0.362 e. The van der Waals surface area contributed by atoms with Gasteiger partial charge in [0.05, 0.1) is 34.4 Å². The molecule has 0 aromatic heterocycles. The van der Waals surface area contributed by atoms with Crippen LogP contribution in [0.5, 0.6) is 0 Å². The number of allylic oxidation sites excluding steroid dienone is 4. The predicted molar refractivity (Wildman–Crippen MR) is 248 cm³/mol. The third-order valence-corrected chi connectivity index (χ3v) is 11.4. The number of nitrogens with zero attached hydrogens (tertiary/aromatic N) is 1. The van der Waals surface area contributed by atoms with E-state index in [2.05, 4.69) is 38.2 Å². The lowest BCUT2D eigenvalue weighted by molar-refractivity contribution is -0.887. The number of carbonyl (C=O) groups is 3. The summed E-state index contributed by atoms with van der Waals surface area (Å²) in [5.41, 5.74) is 0. The number of carbonyl (C=O) groups excluding carboxylic acids is 2. The normalized spacial score (nSPS) is 13.0. The minimum Gasteiger partial charge on any atom is -0.477 e. The van der Waals surface area contributed by atoms with Crippen molar-refractivity contribution in [1.82, 2.24) is 0 Å². The summed E-state index contributed by atoms with van der Waals surface area (Å²) in [5, 5.41) is 9.63. The molecule has 346 valence electrons. The number of aliphatic carboxylic acids is 1. The van der Waals surface area contributed by atoms with E-state index >= 15 is 0 Å². The summed E-state index contributed by atoms with van der Waals surface area (Å²) in [6.45, 7) is 4.75. The van der Waals surface area contributed by atoms with E-state index in [1.165, 1.54) is 148 Å². The van der Waals surface area contributed by atoms with Crippen molar-refractivity contribution in [3.63, 3.8) is 0 Å². The zero-order valence-electron chi connectivity index (χ0n) is 39.5. The summed E-state index contributed by atoms with van der Waals surface area (Å²) in [4.78, 5) is 37.0. The Labute approximate surface area is 364 Å². The quantitative estimate of drug-likeness (QED) is 0.0282. The van der Waals surface area contributed by atoms with E-state index < -0.39 is 18.1 Å². The van der Waals surface area contributed by atoms with Gasteiger partial charge in [-0.2, -0.15) is 0 Å². The fourth-order valence-electron chi connectivity index (χ4n) is 7.48. The number of hydrogen-bond acceptors (Lipinski definition) is 6. The monoisotopic (exact) mass is 835 g/mol. The first-order valence-corrected chi connectivity index (χ1v) is 24.9. The number of rotatable bonds is 45. The van der Waals surface area contributed by atoms with Gasteiger partial charge >= 0.3 is 17.9 Å². The summed E-state index contributed by atoms with van der Waals surface area (Å²) in [7, 11) is 5.53. The van der Waals surface area contributed by atoms with Gasteiger partial charge in [0.2, 0.25) is 0 Å². The molecule has 0 aliphatic heterocycles. The van der Waals surface area contributed by atoms with E-state index in [1.54, 1.807) is 0 Å². The van der Waals surface area contributed by atoms with Gasteiger partial charge in [0.25, 0.3) is 0 Å². The van der Waals surface area contributed by atoms with E-state index in [1.807, 2.05) is 21.1 Å². The Morgan fingerprint density at radius 3 is 1.31 bits per heavy atom. The molecule has 0 amide bonds. The van der Waals surface area contributed by atoms with Crippen LogP contribution in [0.3, 0.4) is 0 Å². The van der Waals surface area contributed by atoms with Gasteiger partial charge in [-0.05, 0) is 44.9 Å². The van der Waals surface area contributed by atoms with Crippen LogP contribution in [-0.4, -0.2) is 80.6 Å². The highest BCUT2D eigenvalue weighted by Crippen LogP contribution is 2.15. The van der Waals surface area contributed by atoms with E-state index in [0.717, 1.165) is 51.4 Å². The molecule has 0 saturated heterocycles. The van der Waals surface area contributed by atoms with Gasteiger partial charge in [-0.25, -0.2) is 4.79 Å². The standard InChI is InChI=1S/C51H95NO7/c1-6-8-10-12-14-16-18-20-21-22-23-24-25-26-27-28-29-30-32-33-35-37-39-41-49(53)58-46-47(45-57-44-43-48(51(55)56)52(3,4)5)59-50(54)42-40-38-36-34-31-19-17-15-13-11-9-7-2/h23-24,26-27,47-48H,6-22,25,28-46H2,1-5H3/p+1/b24-23+,27-26+. The van der Waals surface area contributed by atoms with Gasteiger partial charge in [-0.1, -0.05) is 192 Å². The molecule has 0 rings (SSSR count). The number of carboxylic acids is 1. The van der Waals surface area contributed by atoms with Crippen molar-refractivity contribution in [3.05, 3.63) is 24.3 Å². The minimum absolute atomic E-state index is 0.0508. The van der Waals surface area contributed by atoms with Crippen LogP contribution in [0, 0.1) is 0 Å². The predicted octanol–water partition coefficient (Wildman–Crippen LogP) is 14.0. The van der Waals surface area contributed by atoms with Crippen LogP contribution in [0.25, 0.3) is 0 Å². The molecule has 1 N–H and O–H groups in total. The third-order valence-electron chi connectivity index (χ3n) is 11.4. The van der Waals surface area contributed by atoms with Gasteiger partial charge in [-0.3, -0.25) is 9.59 Å². The van der Waals surface area contributed by atoms with E-state index in [9.17, 15) is 19.5 Å². The molecule has 0 aromatic carbocycles. The topological polar surface area (TPSA) is 99.1 Å². The maximum absolute atomic E-state index is 12.7. The first-order chi connectivity index (χ1) is 28.6. The largest absolute Gasteiger partial charge is 0.477 e. The van der Waals surface area contributed by atoms with Crippen LogP contribution in [0.15, 0.2) is 24.3 Å². The fourth-order valence-corrected chi connectivity index (χ4v) is 7.48. The number of ether oxygens (including phenoxy) is 3. The van der Waals surface area contributed by atoms with Crippen molar-refractivity contribution >= 4 is 17.9 Å².